The van der Waals surface area contributed by atoms with Crippen molar-refractivity contribution >= 4 is 17.4 Å². The first kappa shape index (κ1) is 46.7. The summed E-state index contributed by atoms with van der Waals surface area (Å²) in [5, 5.41) is 67.4. The molecule has 17 nitrogen and oxygen atoms in total. The van der Waals surface area contributed by atoms with Crippen molar-refractivity contribution in [1.82, 2.24) is 25.2 Å². The standard InChI is InChI=1S/C41H62N6O11/c1-8-35-29(23-48)19-24(2)13-14-33(49)25(3)20-28(15-16-42-17-18-46-22-31(43-44-46)30-11-9-10-12-32(30)47(54)55)40(26(4)34(50)21-36(51)57-35)58-41-39(53)37(45(6)7)38(52)27(5)56-41/h9-14,19,22,25-29,34-35,37-42,48,50,52-53H,8,15-18,20-21,23H2,1-7H3/b14-13+,24-19+/t25-,26+,27-,28+,29-,34-,35-,37?,38-,39?,40-,41+/m1/s1. The van der Waals surface area contributed by atoms with Crippen molar-refractivity contribution in [1.29, 1.82) is 0 Å². The molecule has 2 aliphatic rings. The van der Waals surface area contributed by atoms with Crippen LogP contribution in [0.3, 0.4) is 0 Å². The quantitative estimate of drug-likeness (QED) is 0.0847. The van der Waals surface area contributed by atoms with Crippen LogP contribution in [-0.4, -0.2) is 140 Å². The van der Waals surface area contributed by atoms with Crippen molar-refractivity contribution in [3.8, 4) is 11.3 Å². The Kier molecular flexibility index (Phi) is 17.6. The topological polar surface area (TPSA) is 232 Å². The van der Waals surface area contributed by atoms with Crippen molar-refractivity contribution in [2.45, 2.75) is 116 Å². The smallest absolute Gasteiger partial charge is 0.308 e. The Hall–Kier alpha value is -3.94. The van der Waals surface area contributed by atoms with Crippen LogP contribution in [0.2, 0.25) is 0 Å². The molecule has 0 bridgehead atoms. The average Bonchev–Trinajstić information content (AvgIpc) is 3.66. The van der Waals surface area contributed by atoms with Crippen LogP contribution in [0.4, 0.5) is 5.69 Å². The fourth-order valence-corrected chi connectivity index (χ4v) is 7.84. The number of carbonyl (C=O) groups is 2. The van der Waals surface area contributed by atoms with Gasteiger partial charge in [-0.1, -0.05) is 55.8 Å². The molecule has 1 fully saturated rings. The van der Waals surface area contributed by atoms with Crippen molar-refractivity contribution < 1.29 is 49.1 Å². The summed E-state index contributed by atoms with van der Waals surface area (Å²) in [6, 6.07) is 5.59. The minimum Gasteiger partial charge on any atom is -0.462 e. The van der Waals surface area contributed by atoms with Crippen LogP contribution < -0.4 is 5.32 Å². The Morgan fingerprint density at radius 3 is 2.48 bits per heavy atom. The lowest BCUT2D eigenvalue weighted by atomic mass is 9.79. The fraction of sp³-hybridized carbons (Fsp3) is 0.659. The third-order valence-corrected chi connectivity index (χ3v) is 11.3. The van der Waals surface area contributed by atoms with Gasteiger partial charge in [-0.2, -0.15) is 0 Å². The lowest BCUT2D eigenvalue weighted by Crippen LogP contribution is -2.63. The van der Waals surface area contributed by atoms with E-state index in [0.29, 0.717) is 55.7 Å². The van der Waals surface area contributed by atoms with E-state index < -0.39 is 83.5 Å². The van der Waals surface area contributed by atoms with Crippen molar-refractivity contribution in [3.63, 3.8) is 0 Å². The Balaban J connectivity index is 1.61. The maximum absolute atomic E-state index is 13.6. The van der Waals surface area contributed by atoms with Gasteiger partial charge in [0, 0.05) is 30.4 Å². The molecule has 2 aromatic rings. The van der Waals surface area contributed by atoms with E-state index in [0.717, 1.165) is 0 Å². The highest BCUT2D eigenvalue weighted by molar-refractivity contribution is 5.91. The van der Waals surface area contributed by atoms with E-state index in [-0.39, 0.29) is 24.5 Å². The number of carbonyl (C=O) groups excluding carboxylic acids is 2. The second-order valence-electron chi connectivity index (χ2n) is 15.9. The summed E-state index contributed by atoms with van der Waals surface area (Å²) in [4.78, 5) is 39.7. The first-order valence-corrected chi connectivity index (χ1v) is 20.1. The Morgan fingerprint density at radius 2 is 1.81 bits per heavy atom. The van der Waals surface area contributed by atoms with Crippen LogP contribution >= 0.6 is 0 Å². The number of allylic oxidation sites excluding steroid dienone is 3. The number of aliphatic hydroxyl groups is 4. The van der Waals surface area contributed by atoms with Gasteiger partial charge in [0.15, 0.2) is 12.1 Å². The van der Waals surface area contributed by atoms with Gasteiger partial charge in [0.1, 0.15) is 17.9 Å². The normalized spacial score (nSPS) is 33.3. The molecule has 12 atom stereocenters. The molecule has 0 saturated carbocycles. The van der Waals surface area contributed by atoms with Gasteiger partial charge in [0.25, 0.3) is 5.69 Å². The zero-order chi connectivity index (χ0) is 42.7. The molecule has 0 radical (unpaired) electrons. The molecule has 0 spiro atoms. The van der Waals surface area contributed by atoms with Gasteiger partial charge in [-0.25, -0.2) is 0 Å². The summed E-state index contributed by atoms with van der Waals surface area (Å²) in [5.74, 6) is -2.95. The molecule has 1 aromatic carbocycles. The number of esters is 1. The SMILES string of the molecule is CC[C@H]1OC(=O)C[C@@H](O)[C@H](C)[C@@H](O[C@@H]2O[C@H](C)[C@@H](O)C(N(C)C)C2O)[C@@H](CCNCCn2cc(-c3ccccc3[N+](=O)[O-])nn2)C[C@@H](C)C(=O)/C=C/C(C)=C/[C@@H]1CO. The number of nitrogens with one attached hydrogen (secondary N) is 1. The van der Waals surface area contributed by atoms with Crippen molar-refractivity contribution in [3.05, 3.63) is 64.4 Å². The second kappa shape index (κ2) is 21.9. The number of aromatic nitrogens is 3. The third kappa shape index (κ3) is 12.3. The highest BCUT2D eigenvalue weighted by Gasteiger charge is 2.47. The second-order valence-corrected chi connectivity index (χ2v) is 15.9. The Labute approximate surface area is 340 Å². The van der Waals surface area contributed by atoms with E-state index in [2.05, 4.69) is 15.6 Å². The monoisotopic (exact) mass is 814 g/mol. The maximum Gasteiger partial charge on any atom is 0.308 e. The van der Waals surface area contributed by atoms with Crippen LogP contribution in [0.15, 0.2) is 54.3 Å². The number of para-hydroxylation sites is 1. The zero-order valence-electron chi connectivity index (χ0n) is 34.6. The first-order valence-electron chi connectivity index (χ1n) is 20.1. The van der Waals surface area contributed by atoms with E-state index in [1.165, 1.54) is 12.1 Å². The molecule has 1 saturated heterocycles. The highest BCUT2D eigenvalue weighted by atomic mass is 16.7. The minimum atomic E-state index is -1.28. The summed E-state index contributed by atoms with van der Waals surface area (Å²) in [5.41, 5.74) is 1.38. The van der Waals surface area contributed by atoms with Gasteiger partial charge in [-0.05, 0) is 71.8 Å². The molecule has 1 aromatic heterocycles. The van der Waals surface area contributed by atoms with Gasteiger partial charge in [0.05, 0.1) is 66.7 Å². The Morgan fingerprint density at radius 1 is 1.09 bits per heavy atom. The lowest BCUT2D eigenvalue weighted by Gasteiger charge is -2.46. The number of ether oxygens (including phenoxy) is 3. The van der Waals surface area contributed by atoms with Gasteiger partial charge in [-0.15, -0.1) is 5.10 Å². The van der Waals surface area contributed by atoms with Gasteiger partial charge < -0.3 is 44.9 Å². The predicted octanol–water partition coefficient (Wildman–Crippen LogP) is 2.66. The van der Waals surface area contributed by atoms with Crippen LogP contribution in [0, 0.1) is 33.8 Å². The number of benzene rings is 1. The third-order valence-electron chi connectivity index (χ3n) is 11.3. The fourth-order valence-electron chi connectivity index (χ4n) is 7.84. The average molecular weight is 815 g/mol. The lowest BCUT2D eigenvalue weighted by molar-refractivity contribution is -0.384. The van der Waals surface area contributed by atoms with E-state index in [1.807, 2.05) is 13.8 Å². The molecule has 4 rings (SSSR count). The van der Waals surface area contributed by atoms with Crippen LogP contribution in [-0.2, 0) is 30.3 Å². The largest absolute Gasteiger partial charge is 0.462 e. The van der Waals surface area contributed by atoms with Crippen LogP contribution in [0.1, 0.15) is 60.3 Å². The summed E-state index contributed by atoms with van der Waals surface area (Å²) < 4.78 is 20.1. The van der Waals surface area contributed by atoms with E-state index in [1.54, 1.807) is 81.0 Å². The number of nitrogens with zero attached hydrogens (tertiary/aromatic N) is 5. The Bertz CT molecular complexity index is 1720. The zero-order valence-corrected chi connectivity index (χ0v) is 34.6. The number of hydrogen-bond acceptors (Lipinski definition) is 15. The molecule has 3 heterocycles. The summed E-state index contributed by atoms with van der Waals surface area (Å²) in [6.45, 7) is 9.88. The molecule has 0 amide bonds. The molecular weight excluding hydrogens is 752 g/mol. The predicted molar refractivity (Wildman–Crippen MR) is 214 cm³/mol. The number of ketones is 1. The van der Waals surface area contributed by atoms with E-state index >= 15 is 0 Å². The summed E-state index contributed by atoms with van der Waals surface area (Å²) in [6.07, 6.45) is 0.414. The van der Waals surface area contributed by atoms with Crippen LogP contribution in [0.5, 0.6) is 0 Å². The van der Waals surface area contributed by atoms with Gasteiger partial charge in [-0.3, -0.25) is 24.4 Å². The molecule has 0 aliphatic carbocycles. The molecule has 2 unspecified atom stereocenters. The van der Waals surface area contributed by atoms with Crippen molar-refractivity contribution in [2.75, 3.05) is 33.8 Å². The van der Waals surface area contributed by atoms with E-state index in [4.69, 9.17) is 14.2 Å². The van der Waals surface area contributed by atoms with Crippen LogP contribution in [0.25, 0.3) is 11.3 Å². The number of likely N-dealkylation sites (N-methyl/N-ethyl adjacent to an activating group) is 1. The van der Waals surface area contributed by atoms with Crippen molar-refractivity contribution in [2.24, 2.45) is 23.7 Å². The van der Waals surface area contributed by atoms with Gasteiger partial charge in [0.2, 0.25) is 0 Å². The number of nitro benzene ring substituents is 1. The molecule has 5 N–H and O–H groups in total. The maximum atomic E-state index is 13.6. The van der Waals surface area contributed by atoms with E-state index in [9.17, 15) is 40.1 Å². The summed E-state index contributed by atoms with van der Waals surface area (Å²) >= 11 is 0. The molecule has 58 heavy (non-hydrogen) atoms. The molecule has 17 heteroatoms. The number of hydrogen-bond donors (Lipinski definition) is 5. The number of cyclic esters (lactones) is 1. The molecular formula is C41H62N6O11. The summed E-state index contributed by atoms with van der Waals surface area (Å²) in [7, 11) is 3.47. The molecule has 2 aliphatic heterocycles. The number of nitro groups is 1. The number of rotatable bonds is 13. The molecule has 322 valence electrons. The first-order chi connectivity index (χ1) is 27.6. The number of aliphatic hydroxyl groups excluding tert-OH is 4. The van der Waals surface area contributed by atoms with Gasteiger partial charge >= 0.3 is 5.97 Å². The highest BCUT2D eigenvalue weighted by Crippen LogP contribution is 2.35. The minimum absolute atomic E-state index is 0.0701.